The van der Waals surface area contributed by atoms with E-state index in [0.717, 1.165) is 22.2 Å². The fourth-order valence-electron chi connectivity index (χ4n) is 1.96. The molecule has 2 rings (SSSR count). The summed E-state index contributed by atoms with van der Waals surface area (Å²) < 4.78 is 6.61. The van der Waals surface area contributed by atoms with Crippen LogP contribution in [0.3, 0.4) is 0 Å². The van der Waals surface area contributed by atoms with Crippen molar-refractivity contribution in [2.24, 2.45) is 7.05 Å². The fraction of sp³-hybridized carbons (Fsp3) is 0.188. The van der Waals surface area contributed by atoms with E-state index < -0.39 is 11.9 Å². The SMILES string of the molecule is Cc1cc(SC#N)ccc1NC(=O)COC(=O)c1cccn1C. The smallest absolute Gasteiger partial charge is 0.355 e. The monoisotopic (exact) mass is 329 g/mol. The lowest BCUT2D eigenvalue weighted by Crippen LogP contribution is -2.22. The summed E-state index contributed by atoms with van der Waals surface area (Å²) in [6, 6.07) is 8.61. The molecule has 23 heavy (non-hydrogen) atoms. The molecule has 0 aliphatic heterocycles. The van der Waals surface area contributed by atoms with Gasteiger partial charge in [-0.05, 0) is 54.6 Å². The maximum absolute atomic E-state index is 11.9. The number of aromatic nitrogens is 1. The van der Waals surface area contributed by atoms with E-state index in [-0.39, 0.29) is 6.61 Å². The van der Waals surface area contributed by atoms with Crippen molar-refractivity contribution in [3.63, 3.8) is 0 Å². The highest BCUT2D eigenvalue weighted by atomic mass is 32.2. The lowest BCUT2D eigenvalue weighted by Gasteiger charge is -2.10. The summed E-state index contributed by atoms with van der Waals surface area (Å²) >= 11 is 1.05. The molecular formula is C16H15N3O3S. The minimum absolute atomic E-state index is 0.363. The Hall–Kier alpha value is -2.72. The Morgan fingerprint density at radius 2 is 2.17 bits per heavy atom. The molecule has 0 spiro atoms. The Labute approximate surface area is 138 Å². The van der Waals surface area contributed by atoms with Crippen molar-refractivity contribution in [3.8, 4) is 5.40 Å². The highest BCUT2D eigenvalue weighted by molar-refractivity contribution is 8.03. The van der Waals surface area contributed by atoms with Gasteiger partial charge in [-0.3, -0.25) is 4.79 Å². The number of anilines is 1. The second-order valence-electron chi connectivity index (χ2n) is 4.80. The summed E-state index contributed by atoms with van der Waals surface area (Å²) in [7, 11) is 1.72. The van der Waals surface area contributed by atoms with Crippen LogP contribution < -0.4 is 5.32 Å². The van der Waals surface area contributed by atoms with E-state index in [1.807, 2.05) is 12.3 Å². The number of carbonyl (C=O) groups is 2. The average Bonchev–Trinajstić information content (AvgIpc) is 2.94. The minimum Gasteiger partial charge on any atom is -0.451 e. The topological polar surface area (TPSA) is 84.1 Å². The first-order valence-electron chi connectivity index (χ1n) is 6.76. The Morgan fingerprint density at radius 1 is 1.39 bits per heavy atom. The van der Waals surface area contributed by atoms with Crippen molar-refractivity contribution in [1.29, 1.82) is 5.26 Å². The number of benzene rings is 1. The largest absolute Gasteiger partial charge is 0.451 e. The van der Waals surface area contributed by atoms with E-state index >= 15 is 0 Å². The van der Waals surface area contributed by atoms with Gasteiger partial charge in [0.15, 0.2) is 6.61 Å². The minimum atomic E-state index is -0.551. The van der Waals surface area contributed by atoms with E-state index in [1.54, 1.807) is 48.1 Å². The second-order valence-corrected chi connectivity index (χ2v) is 5.66. The number of aryl methyl sites for hydroxylation is 2. The van der Waals surface area contributed by atoms with Gasteiger partial charge in [-0.25, -0.2) is 4.79 Å². The van der Waals surface area contributed by atoms with Crippen molar-refractivity contribution < 1.29 is 14.3 Å². The van der Waals surface area contributed by atoms with Gasteiger partial charge in [-0.15, -0.1) is 0 Å². The summed E-state index contributed by atoms with van der Waals surface area (Å²) in [6.07, 6.45) is 1.72. The Morgan fingerprint density at radius 3 is 2.78 bits per heavy atom. The van der Waals surface area contributed by atoms with E-state index in [1.165, 1.54) is 0 Å². The number of nitrogens with zero attached hydrogens (tertiary/aromatic N) is 2. The van der Waals surface area contributed by atoms with Crippen LogP contribution in [0.5, 0.6) is 0 Å². The molecule has 0 aliphatic rings. The molecule has 0 bridgehead atoms. The number of carbonyl (C=O) groups excluding carboxylic acids is 2. The van der Waals surface area contributed by atoms with Crippen LogP contribution in [0.2, 0.25) is 0 Å². The maximum Gasteiger partial charge on any atom is 0.355 e. The third-order valence-corrected chi connectivity index (χ3v) is 3.70. The average molecular weight is 329 g/mol. The number of hydrogen-bond donors (Lipinski definition) is 1. The highest BCUT2D eigenvalue weighted by Gasteiger charge is 2.13. The molecule has 1 aromatic carbocycles. The Bertz CT molecular complexity index is 777. The van der Waals surface area contributed by atoms with Crippen LogP contribution in [-0.2, 0) is 16.6 Å². The van der Waals surface area contributed by atoms with Crippen molar-refractivity contribution >= 4 is 29.3 Å². The molecule has 118 valence electrons. The summed E-state index contributed by atoms with van der Waals surface area (Å²) in [5, 5.41) is 13.3. The molecule has 0 fully saturated rings. The number of nitriles is 1. The van der Waals surface area contributed by atoms with E-state index in [0.29, 0.717) is 11.4 Å². The van der Waals surface area contributed by atoms with E-state index in [4.69, 9.17) is 10.00 Å². The second kappa shape index (κ2) is 7.51. The zero-order valence-corrected chi connectivity index (χ0v) is 13.5. The van der Waals surface area contributed by atoms with Gasteiger partial charge < -0.3 is 14.6 Å². The number of nitrogens with one attached hydrogen (secondary N) is 1. The molecular weight excluding hydrogens is 314 g/mol. The predicted molar refractivity (Wildman–Crippen MR) is 87.0 cm³/mol. The van der Waals surface area contributed by atoms with Crippen LogP contribution in [-0.4, -0.2) is 23.1 Å². The molecule has 0 unspecified atom stereocenters. The van der Waals surface area contributed by atoms with Crippen molar-refractivity contribution in [3.05, 3.63) is 47.8 Å². The third-order valence-electron chi connectivity index (χ3n) is 3.12. The van der Waals surface area contributed by atoms with Crippen LogP contribution in [0.4, 0.5) is 5.69 Å². The summed E-state index contributed by atoms with van der Waals surface area (Å²) in [5.74, 6) is -0.971. The highest BCUT2D eigenvalue weighted by Crippen LogP contribution is 2.23. The van der Waals surface area contributed by atoms with E-state index in [2.05, 4.69) is 5.32 Å². The molecule has 0 saturated carbocycles. The standard InChI is InChI=1S/C16H15N3O3S/c1-11-8-12(23-10-17)5-6-13(11)18-15(20)9-22-16(21)14-4-3-7-19(14)2/h3-8H,9H2,1-2H3,(H,18,20). The van der Waals surface area contributed by atoms with Crippen LogP contribution >= 0.6 is 11.8 Å². The Kier molecular flexibility index (Phi) is 5.44. The predicted octanol–water partition coefficient (Wildman–Crippen LogP) is 2.70. The summed E-state index contributed by atoms with van der Waals surface area (Å²) in [4.78, 5) is 24.5. The van der Waals surface area contributed by atoms with Gasteiger partial charge in [0.25, 0.3) is 5.91 Å². The lowest BCUT2D eigenvalue weighted by molar-refractivity contribution is -0.119. The zero-order valence-electron chi connectivity index (χ0n) is 12.7. The van der Waals surface area contributed by atoms with Gasteiger partial charge in [-0.2, -0.15) is 5.26 Å². The van der Waals surface area contributed by atoms with Gasteiger partial charge in [0.2, 0.25) is 0 Å². The maximum atomic E-state index is 11.9. The molecule has 1 aromatic heterocycles. The quantitative estimate of drug-likeness (QED) is 0.518. The number of ether oxygens (including phenoxy) is 1. The molecule has 6 nitrogen and oxygen atoms in total. The Balaban J connectivity index is 1.91. The summed E-state index contributed by atoms with van der Waals surface area (Å²) in [5.41, 5.74) is 1.83. The van der Waals surface area contributed by atoms with Crippen molar-refractivity contribution in [2.45, 2.75) is 11.8 Å². The number of thiocyanates is 1. The molecule has 0 atom stereocenters. The van der Waals surface area contributed by atoms with Crippen molar-refractivity contribution in [1.82, 2.24) is 4.57 Å². The van der Waals surface area contributed by atoms with Gasteiger partial charge in [0, 0.05) is 23.8 Å². The number of rotatable bonds is 5. The normalized spacial score (nSPS) is 9.96. The molecule has 7 heteroatoms. The molecule has 1 amide bonds. The van der Waals surface area contributed by atoms with Gasteiger partial charge in [0.05, 0.1) is 0 Å². The summed E-state index contributed by atoms with van der Waals surface area (Å²) in [6.45, 7) is 1.46. The van der Waals surface area contributed by atoms with Crippen LogP contribution in [0.1, 0.15) is 16.1 Å². The molecule has 1 heterocycles. The lowest BCUT2D eigenvalue weighted by atomic mass is 10.2. The molecule has 1 N–H and O–H groups in total. The van der Waals surface area contributed by atoms with Crippen LogP contribution in [0.15, 0.2) is 41.4 Å². The van der Waals surface area contributed by atoms with Gasteiger partial charge in [-0.1, -0.05) is 0 Å². The number of thioether (sulfide) groups is 1. The first-order valence-corrected chi connectivity index (χ1v) is 7.58. The number of amides is 1. The number of esters is 1. The molecule has 0 aliphatic carbocycles. The van der Waals surface area contributed by atoms with Crippen LogP contribution in [0, 0.1) is 17.6 Å². The molecule has 2 aromatic rings. The molecule has 0 radical (unpaired) electrons. The van der Waals surface area contributed by atoms with Crippen LogP contribution in [0.25, 0.3) is 0 Å². The van der Waals surface area contributed by atoms with Crippen molar-refractivity contribution in [2.75, 3.05) is 11.9 Å². The van der Waals surface area contributed by atoms with Gasteiger partial charge in [0.1, 0.15) is 11.1 Å². The molecule has 0 saturated heterocycles. The van der Waals surface area contributed by atoms with Gasteiger partial charge >= 0.3 is 5.97 Å². The first-order chi connectivity index (χ1) is 11.0. The number of hydrogen-bond acceptors (Lipinski definition) is 5. The zero-order chi connectivity index (χ0) is 16.8. The first kappa shape index (κ1) is 16.6. The fourth-order valence-corrected chi connectivity index (χ4v) is 2.43. The third kappa shape index (κ3) is 4.37. The van der Waals surface area contributed by atoms with E-state index in [9.17, 15) is 9.59 Å².